The van der Waals surface area contributed by atoms with Crippen molar-refractivity contribution in [3.63, 3.8) is 0 Å². The Hall–Kier alpha value is -3.94. The second-order valence-electron chi connectivity index (χ2n) is 8.28. The van der Waals surface area contributed by atoms with Gasteiger partial charge in [-0.25, -0.2) is 0 Å². The van der Waals surface area contributed by atoms with E-state index in [0.717, 1.165) is 49.3 Å². The lowest BCUT2D eigenvalue weighted by Crippen LogP contribution is -2.35. The molecule has 172 valence electrons. The molecule has 34 heavy (non-hydrogen) atoms. The molecule has 0 atom stereocenters. The minimum Gasteiger partial charge on any atom is -0.379 e. The van der Waals surface area contributed by atoms with Crippen LogP contribution in [0.25, 0.3) is 10.9 Å². The summed E-state index contributed by atoms with van der Waals surface area (Å²) < 4.78 is 5.42. The highest BCUT2D eigenvalue weighted by molar-refractivity contribution is 6.19. The van der Waals surface area contributed by atoms with Crippen LogP contribution in [0, 0.1) is 0 Å². The fraction of sp³-hybridized carbons (Fsp3) is 0.185. The molecule has 1 aromatic heterocycles. The summed E-state index contributed by atoms with van der Waals surface area (Å²) in [6.45, 7) is 3.99. The van der Waals surface area contributed by atoms with Crippen LogP contribution in [0.1, 0.15) is 26.3 Å². The van der Waals surface area contributed by atoms with Gasteiger partial charge in [0.25, 0.3) is 11.8 Å². The summed E-state index contributed by atoms with van der Waals surface area (Å²) in [5.41, 5.74) is 3.47. The third kappa shape index (κ3) is 4.85. The van der Waals surface area contributed by atoms with Gasteiger partial charge in [-0.05, 0) is 35.9 Å². The highest BCUT2D eigenvalue weighted by Gasteiger charge is 2.21. The fourth-order valence-electron chi connectivity index (χ4n) is 4.20. The third-order valence-electron chi connectivity index (χ3n) is 5.90. The number of hydrogen-bond acceptors (Lipinski definition) is 4. The minimum absolute atomic E-state index is 0.274. The van der Waals surface area contributed by atoms with Gasteiger partial charge in [0, 0.05) is 41.8 Å². The Morgan fingerprint density at radius 3 is 2.44 bits per heavy atom. The van der Waals surface area contributed by atoms with Crippen molar-refractivity contribution in [3.8, 4) is 0 Å². The third-order valence-corrected chi connectivity index (χ3v) is 5.90. The number of morpholine rings is 1. The van der Waals surface area contributed by atoms with E-state index in [9.17, 15) is 9.59 Å². The summed E-state index contributed by atoms with van der Waals surface area (Å²) in [7, 11) is 0. The Labute approximate surface area is 197 Å². The zero-order valence-corrected chi connectivity index (χ0v) is 18.7. The van der Waals surface area contributed by atoms with Crippen LogP contribution in [-0.4, -0.2) is 48.0 Å². The number of anilines is 2. The molecule has 0 aliphatic carbocycles. The number of carbonyl (C=O) groups excluding carboxylic acids is 2. The summed E-state index contributed by atoms with van der Waals surface area (Å²) in [4.78, 5) is 31.9. The van der Waals surface area contributed by atoms with E-state index in [4.69, 9.17) is 4.74 Å². The molecule has 0 spiro atoms. The van der Waals surface area contributed by atoms with E-state index in [2.05, 4.69) is 20.5 Å². The van der Waals surface area contributed by atoms with Crippen LogP contribution >= 0.6 is 0 Å². The SMILES string of the molecule is O=C(Nc1[nH]c2ccccc2c1C(=O)Nc1ccccc1)c1cccc(CN2CCOCC2)c1. The van der Waals surface area contributed by atoms with Gasteiger partial charge in [-0.1, -0.05) is 48.5 Å². The van der Waals surface area contributed by atoms with E-state index in [0.29, 0.717) is 22.6 Å². The van der Waals surface area contributed by atoms with Gasteiger partial charge in [-0.3, -0.25) is 14.5 Å². The molecule has 5 rings (SSSR count). The second-order valence-corrected chi connectivity index (χ2v) is 8.28. The van der Waals surface area contributed by atoms with Gasteiger partial charge in [0.2, 0.25) is 0 Å². The first-order valence-electron chi connectivity index (χ1n) is 11.3. The van der Waals surface area contributed by atoms with Gasteiger partial charge in [0.05, 0.1) is 18.8 Å². The molecule has 0 saturated carbocycles. The average molecular weight is 455 g/mol. The molecule has 7 nitrogen and oxygen atoms in total. The van der Waals surface area contributed by atoms with E-state index in [-0.39, 0.29) is 11.8 Å². The number of hydrogen-bond donors (Lipinski definition) is 3. The number of para-hydroxylation sites is 2. The number of nitrogens with one attached hydrogen (secondary N) is 3. The molecular formula is C27H26N4O3. The van der Waals surface area contributed by atoms with Crippen LogP contribution in [0.15, 0.2) is 78.9 Å². The molecule has 2 amide bonds. The monoisotopic (exact) mass is 454 g/mol. The summed E-state index contributed by atoms with van der Waals surface area (Å²) in [6, 6.07) is 24.4. The zero-order valence-electron chi connectivity index (χ0n) is 18.7. The van der Waals surface area contributed by atoms with Gasteiger partial charge in [-0.15, -0.1) is 0 Å². The van der Waals surface area contributed by atoms with Gasteiger partial charge < -0.3 is 20.4 Å². The Morgan fingerprint density at radius 1 is 0.853 bits per heavy atom. The maximum Gasteiger partial charge on any atom is 0.260 e. The van der Waals surface area contributed by atoms with Crippen LogP contribution in [0.3, 0.4) is 0 Å². The lowest BCUT2D eigenvalue weighted by molar-refractivity contribution is 0.0342. The Morgan fingerprint density at radius 2 is 1.62 bits per heavy atom. The van der Waals surface area contributed by atoms with Crippen molar-refractivity contribution < 1.29 is 14.3 Å². The van der Waals surface area contributed by atoms with Crippen LogP contribution in [0.2, 0.25) is 0 Å². The van der Waals surface area contributed by atoms with Gasteiger partial charge in [0.15, 0.2) is 0 Å². The molecule has 3 aromatic carbocycles. The topological polar surface area (TPSA) is 86.5 Å². The fourth-order valence-corrected chi connectivity index (χ4v) is 4.20. The number of H-pyrrole nitrogens is 1. The molecule has 0 radical (unpaired) electrons. The van der Waals surface area contributed by atoms with Crippen molar-refractivity contribution in [1.82, 2.24) is 9.88 Å². The van der Waals surface area contributed by atoms with E-state index in [1.807, 2.05) is 72.8 Å². The van der Waals surface area contributed by atoms with Crippen molar-refractivity contribution in [1.29, 1.82) is 0 Å². The molecule has 1 fully saturated rings. The molecule has 1 aliphatic heterocycles. The number of benzene rings is 3. The largest absolute Gasteiger partial charge is 0.379 e. The highest BCUT2D eigenvalue weighted by atomic mass is 16.5. The molecule has 1 aliphatic rings. The first kappa shape index (κ1) is 21.9. The Kier molecular flexibility index (Phi) is 6.38. The summed E-state index contributed by atoms with van der Waals surface area (Å²) in [6.07, 6.45) is 0. The highest BCUT2D eigenvalue weighted by Crippen LogP contribution is 2.28. The quantitative estimate of drug-likeness (QED) is 0.400. The Bertz CT molecular complexity index is 1310. The van der Waals surface area contributed by atoms with Crippen LogP contribution in [0.5, 0.6) is 0 Å². The van der Waals surface area contributed by atoms with Crippen LogP contribution in [0.4, 0.5) is 11.5 Å². The predicted molar refractivity (Wildman–Crippen MR) is 133 cm³/mol. The van der Waals surface area contributed by atoms with Crippen molar-refractivity contribution in [2.24, 2.45) is 0 Å². The average Bonchev–Trinajstić information content (AvgIpc) is 3.23. The molecule has 0 unspecified atom stereocenters. The minimum atomic E-state index is -0.292. The number of amides is 2. The number of fused-ring (bicyclic) bond motifs is 1. The van der Waals surface area contributed by atoms with Crippen molar-refractivity contribution in [2.75, 3.05) is 36.9 Å². The van der Waals surface area contributed by atoms with Gasteiger partial charge >= 0.3 is 0 Å². The number of rotatable bonds is 6. The number of aromatic amines is 1. The number of ether oxygens (including phenoxy) is 1. The summed E-state index contributed by atoms with van der Waals surface area (Å²) in [5.74, 6) is -0.192. The van der Waals surface area contributed by atoms with Gasteiger partial charge in [-0.2, -0.15) is 0 Å². The Balaban J connectivity index is 1.39. The number of nitrogens with zero attached hydrogens (tertiary/aromatic N) is 1. The first-order chi connectivity index (χ1) is 16.7. The smallest absolute Gasteiger partial charge is 0.260 e. The van der Waals surface area contributed by atoms with E-state index in [1.54, 1.807) is 6.07 Å². The van der Waals surface area contributed by atoms with Crippen molar-refractivity contribution >= 4 is 34.2 Å². The van der Waals surface area contributed by atoms with Crippen LogP contribution < -0.4 is 10.6 Å². The molecule has 3 N–H and O–H groups in total. The molecule has 7 heteroatoms. The maximum atomic E-state index is 13.2. The van der Waals surface area contributed by atoms with E-state index in [1.165, 1.54) is 0 Å². The lowest BCUT2D eigenvalue weighted by Gasteiger charge is -2.26. The first-order valence-corrected chi connectivity index (χ1v) is 11.3. The summed E-state index contributed by atoms with van der Waals surface area (Å²) in [5, 5.41) is 6.59. The predicted octanol–water partition coefficient (Wildman–Crippen LogP) is 4.50. The maximum absolute atomic E-state index is 13.2. The number of carbonyl (C=O) groups is 2. The molecule has 0 bridgehead atoms. The van der Waals surface area contributed by atoms with Crippen LogP contribution in [-0.2, 0) is 11.3 Å². The molecule has 1 saturated heterocycles. The molecule has 4 aromatic rings. The van der Waals surface area contributed by atoms with E-state index >= 15 is 0 Å². The molecular weight excluding hydrogens is 428 g/mol. The van der Waals surface area contributed by atoms with Crippen molar-refractivity contribution in [2.45, 2.75) is 6.54 Å². The zero-order chi connectivity index (χ0) is 23.3. The number of aromatic nitrogens is 1. The molecule has 2 heterocycles. The second kappa shape index (κ2) is 9.91. The summed E-state index contributed by atoms with van der Waals surface area (Å²) >= 11 is 0. The lowest BCUT2D eigenvalue weighted by atomic mass is 10.1. The van der Waals surface area contributed by atoms with Crippen molar-refractivity contribution in [3.05, 3.63) is 95.6 Å². The van der Waals surface area contributed by atoms with E-state index < -0.39 is 0 Å². The standard InChI is InChI=1S/C27H26N4O3/c32-26(20-8-6-7-19(17-20)18-31-13-15-34-16-14-31)30-25-24(22-11-4-5-12-23(22)29-25)27(33)28-21-9-2-1-3-10-21/h1-12,17,29H,13-16,18H2,(H,28,33)(H,30,32). The van der Waals surface area contributed by atoms with Gasteiger partial charge in [0.1, 0.15) is 5.82 Å². The normalized spacial score (nSPS) is 14.1.